The van der Waals surface area contributed by atoms with Crippen LogP contribution in [-0.2, 0) is 6.18 Å². The zero-order valence-corrected chi connectivity index (χ0v) is 12.7. The molecular weight excluding hydrogens is 325 g/mol. The van der Waals surface area contributed by atoms with Gasteiger partial charge in [0.15, 0.2) is 5.11 Å². The first kappa shape index (κ1) is 15.6. The van der Waals surface area contributed by atoms with Crippen molar-refractivity contribution in [1.29, 1.82) is 0 Å². The molecule has 0 fully saturated rings. The molecule has 3 rings (SSSR count). The minimum atomic E-state index is -4.38. The van der Waals surface area contributed by atoms with Crippen molar-refractivity contribution < 1.29 is 17.9 Å². The highest BCUT2D eigenvalue weighted by Gasteiger charge is 2.30. The molecule has 1 heterocycles. The van der Waals surface area contributed by atoms with Gasteiger partial charge in [-0.3, -0.25) is 0 Å². The van der Waals surface area contributed by atoms with Gasteiger partial charge in [-0.25, -0.2) is 0 Å². The topological polar surface area (TPSA) is 33.3 Å². The number of thiocarbonyl (C=S) groups is 1. The lowest BCUT2D eigenvalue weighted by Gasteiger charge is -2.16. The van der Waals surface area contributed by atoms with Gasteiger partial charge in [0.05, 0.1) is 11.6 Å². The van der Waals surface area contributed by atoms with Crippen LogP contribution in [0, 0.1) is 0 Å². The van der Waals surface area contributed by atoms with Crippen LogP contribution in [0.1, 0.15) is 17.2 Å². The van der Waals surface area contributed by atoms with E-state index in [0.717, 1.165) is 23.4 Å². The minimum Gasteiger partial charge on any atom is -0.491 e. The molecule has 0 saturated carbocycles. The highest BCUT2D eigenvalue weighted by molar-refractivity contribution is 7.80. The summed E-state index contributed by atoms with van der Waals surface area (Å²) in [5.41, 5.74) is 0.532. The van der Waals surface area contributed by atoms with Gasteiger partial charge in [-0.05, 0) is 36.5 Å². The summed E-state index contributed by atoms with van der Waals surface area (Å²) in [6.07, 6.45) is -4.38. The maximum Gasteiger partial charge on any atom is 0.416 e. The maximum absolute atomic E-state index is 12.7. The largest absolute Gasteiger partial charge is 0.491 e. The molecule has 0 radical (unpaired) electrons. The summed E-state index contributed by atoms with van der Waals surface area (Å²) in [6, 6.07) is 12.3. The van der Waals surface area contributed by atoms with Crippen LogP contribution in [0.5, 0.6) is 5.75 Å². The fraction of sp³-hybridized carbons (Fsp3) is 0.188. The van der Waals surface area contributed by atoms with Crippen LogP contribution in [0.2, 0.25) is 0 Å². The monoisotopic (exact) mass is 338 g/mol. The van der Waals surface area contributed by atoms with Crippen LogP contribution in [0.25, 0.3) is 0 Å². The number of para-hydroxylation sites is 1. The standard InChI is InChI=1S/C16H13F3N2OS/c17-16(18,19)10-4-3-5-11(8-10)20-15(23)21-13-9-22-14-7-2-1-6-12(13)14/h1-8,13H,9H2,(H2,20,21,23)/t13-/m0/s1. The van der Waals surface area contributed by atoms with Crippen molar-refractivity contribution in [2.24, 2.45) is 0 Å². The smallest absolute Gasteiger partial charge is 0.416 e. The maximum atomic E-state index is 12.7. The molecule has 1 aliphatic rings. The Morgan fingerprint density at radius 2 is 1.91 bits per heavy atom. The molecule has 0 saturated heterocycles. The number of benzene rings is 2. The molecule has 1 atom stereocenters. The summed E-state index contributed by atoms with van der Waals surface area (Å²) in [7, 11) is 0. The molecular formula is C16H13F3N2OS. The molecule has 120 valence electrons. The Morgan fingerprint density at radius 3 is 2.70 bits per heavy atom. The highest BCUT2D eigenvalue weighted by atomic mass is 32.1. The van der Waals surface area contributed by atoms with Crippen molar-refractivity contribution in [3.63, 3.8) is 0 Å². The molecule has 2 aromatic rings. The van der Waals surface area contributed by atoms with Gasteiger partial charge in [0.25, 0.3) is 0 Å². The second-order valence-corrected chi connectivity index (χ2v) is 5.49. The van der Waals surface area contributed by atoms with Gasteiger partial charge >= 0.3 is 6.18 Å². The molecule has 1 aliphatic heterocycles. The number of anilines is 1. The molecule has 0 amide bonds. The summed E-state index contributed by atoms with van der Waals surface area (Å²) in [6.45, 7) is 0.420. The van der Waals surface area contributed by atoms with Crippen LogP contribution < -0.4 is 15.4 Å². The quantitative estimate of drug-likeness (QED) is 0.807. The fourth-order valence-electron chi connectivity index (χ4n) is 2.38. The van der Waals surface area contributed by atoms with E-state index in [4.69, 9.17) is 17.0 Å². The van der Waals surface area contributed by atoms with Crippen molar-refractivity contribution >= 4 is 23.0 Å². The molecule has 0 spiro atoms. The Bertz CT molecular complexity index is 733. The Morgan fingerprint density at radius 1 is 1.13 bits per heavy atom. The van der Waals surface area contributed by atoms with Crippen LogP contribution in [-0.4, -0.2) is 11.7 Å². The van der Waals surface area contributed by atoms with Crippen molar-refractivity contribution in [2.75, 3.05) is 11.9 Å². The predicted molar refractivity (Wildman–Crippen MR) is 85.5 cm³/mol. The van der Waals surface area contributed by atoms with Crippen LogP contribution in [0.3, 0.4) is 0 Å². The molecule has 0 bridgehead atoms. The van der Waals surface area contributed by atoms with Crippen molar-refractivity contribution in [2.45, 2.75) is 12.2 Å². The van der Waals surface area contributed by atoms with E-state index in [9.17, 15) is 13.2 Å². The van der Waals surface area contributed by atoms with E-state index in [1.165, 1.54) is 12.1 Å². The van der Waals surface area contributed by atoms with Gasteiger partial charge < -0.3 is 15.4 Å². The van der Waals surface area contributed by atoms with E-state index >= 15 is 0 Å². The third-order valence-corrected chi connectivity index (χ3v) is 3.67. The normalized spacial score (nSPS) is 16.4. The number of hydrogen-bond acceptors (Lipinski definition) is 2. The average molecular weight is 338 g/mol. The van der Waals surface area contributed by atoms with Crippen molar-refractivity contribution in [3.8, 4) is 5.75 Å². The lowest BCUT2D eigenvalue weighted by Crippen LogP contribution is -2.33. The first-order valence-corrected chi connectivity index (χ1v) is 7.31. The lowest BCUT2D eigenvalue weighted by atomic mass is 10.1. The molecule has 2 aromatic carbocycles. The predicted octanol–water partition coefficient (Wildman–Crippen LogP) is 4.13. The van der Waals surface area contributed by atoms with E-state index in [-0.39, 0.29) is 16.8 Å². The van der Waals surface area contributed by atoms with Gasteiger partial charge in [0.1, 0.15) is 12.4 Å². The summed E-state index contributed by atoms with van der Waals surface area (Å²) < 4.78 is 43.6. The van der Waals surface area contributed by atoms with E-state index in [2.05, 4.69) is 10.6 Å². The van der Waals surface area contributed by atoms with E-state index in [1.54, 1.807) is 0 Å². The second kappa shape index (κ2) is 6.08. The molecule has 23 heavy (non-hydrogen) atoms. The number of fused-ring (bicyclic) bond motifs is 1. The average Bonchev–Trinajstić information content (AvgIpc) is 2.90. The highest BCUT2D eigenvalue weighted by Crippen LogP contribution is 2.32. The SMILES string of the molecule is FC(F)(F)c1cccc(NC(=S)N[C@H]2COc3ccccc32)c1. The molecule has 0 aliphatic carbocycles. The number of nitrogens with one attached hydrogen (secondary N) is 2. The van der Waals surface area contributed by atoms with Crippen LogP contribution in [0.4, 0.5) is 18.9 Å². The Kier molecular flexibility index (Phi) is 4.12. The summed E-state index contributed by atoms with van der Waals surface area (Å²) in [5, 5.41) is 6.08. The number of hydrogen-bond donors (Lipinski definition) is 2. The molecule has 0 unspecified atom stereocenters. The Labute approximate surface area is 136 Å². The van der Waals surface area contributed by atoms with Gasteiger partial charge in [0, 0.05) is 11.3 Å². The Balaban J connectivity index is 1.67. The molecule has 7 heteroatoms. The van der Waals surface area contributed by atoms with Crippen LogP contribution >= 0.6 is 12.2 Å². The zero-order valence-electron chi connectivity index (χ0n) is 11.9. The number of halogens is 3. The van der Waals surface area contributed by atoms with Gasteiger partial charge in [-0.1, -0.05) is 24.3 Å². The number of alkyl halides is 3. The van der Waals surface area contributed by atoms with E-state index in [1.807, 2.05) is 24.3 Å². The van der Waals surface area contributed by atoms with Gasteiger partial charge in [-0.2, -0.15) is 13.2 Å². The summed E-state index contributed by atoms with van der Waals surface area (Å²) in [4.78, 5) is 0. The van der Waals surface area contributed by atoms with Crippen molar-refractivity contribution in [1.82, 2.24) is 5.32 Å². The summed E-state index contributed by atoms with van der Waals surface area (Å²) in [5.74, 6) is 0.784. The third kappa shape index (κ3) is 3.56. The summed E-state index contributed by atoms with van der Waals surface area (Å²) >= 11 is 5.18. The Hall–Kier alpha value is -2.28. The molecule has 0 aromatic heterocycles. The zero-order chi connectivity index (χ0) is 16.4. The number of ether oxygens (including phenoxy) is 1. The molecule has 2 N–H and O–H groups in total. The number of rotatable bonds is 2. The van der Waals surface area contributed by atoms with Crippen LogP contribution in [0.15, 0.2) is 48.5 Å². The first-order chi connectivity index (χ1) is 10.9. The minimum absolute atomic E-state index is 0.128. The second-order valence-electron chi connectivity index (χ2n) is 5.08. The first-order valence-electron chi connectivity index (χ1n) is 6.90. The molecule has 3 nitrogen and oxygen atoms in total. The van der Waals surface area contributed by atoms with E-state index < -0.39 is 11.7 Å². The lowest BCUT2D eigenvalue weighted by molar-refractivity contribution is -0.137. The van der Waals surface area contributed by atoms with Gasteiger partial charge in [-0.15, -0.1) is 0 Å². The fourth-order valence-corrected chi connectivity index (χ4v) is 2.64. The third-order valence-electron chi connectivity index (χ3n) is 3.45. The van der Waals surface area contributed by atoms with Gasteiger partial charge in [0.2, 0.25) is 0 Å². The van der Waals surface area contributed by atoms with E-state index in [0.29, 0.717) is 6.61 Å². The van der Waals surface area contributed by atoms with Crippen molar-refractivity contribution in [3.05, 3.63) is 59.7 Å².